The first-order chi connectivity index (χ1) is 20.5. The Morgan fingerprint density at radius 1 is 1.16 bits per heavy atom. The molecular formula is C27H24ClF4N7O4. The quantitative estimate of drug-likeness (QED) is 0.247. The Hall–Kier alpha value is -4.34. The molecule has 2 N–H and O–H groups in total. The third kappa shape index (κ3) is 7.01. The summed E-state index contributed by atoms with van der Waals surface area (Å²) in [7, 11) is 0. The fraction of sp³-hybridized carbons (Fsp3) is 0.296. The molecule has 226 valence electrons. The number of anilines is 2. The Morgan fingerprint density at radius 3 is 2.60 bits per heavy atom. The summed E-state index contributed by atoms with van der Waals surface area (Å²) in [6.07, 6.45) is -2.13. The van der Waals surface area contributed by atoms with Crippen molar-refractivity contribution in [3.05, 3.63) is 70.5 Å². The SMILES string of the molecule is Cc1cc(C(F)(F)F)nn1-c1nc(Nc2ccc(F)c(Cl)c2)ncc1-c1cnc(OCCN2CCOCC2)c(C(=O)O)c1. The van der Waals surface area contributed by atoms with Gasteiger partial charge in [0.1, 0.15) is 18.0 Å². The molecule has 0 aliphatic carbocycles. The summed E-state index contributed by atoms with van der Waals surface area (Å²) in [5.41, 5.74) is -0.682. The maximum absolute atomic E-state index is 13.6. The van der Waals surface area contributed by atoms with Crippen molar-refractivity contribution in [2.75, 3.05) is 44.8 Å². The largest absolute Gasteiger partial charge is 0.477 e. The number of hydrogen-bond acceptors (Lipinski definition) is 9. The number of ether oxygens (including phenoxy) is 2. The van der Waals surface area contributed by atoms with Gasteiger partial charge in [-0.2, -0.15) is 23.3 Å². The number of alkyl halides is 3. The summed E-state index contributed by atoms with van der Waals surface area (Å²) in [5.74, 6) is -2.25. The van der Waals surface area contributed by atoms with E-state index in [0.29, 0.717) is 25.4 Å². The van der Waals surface area contributed by atoms with Crippen molar-refractivity contribution < 1.29 is 36.9 Å². The highest BCUT2D eigenvalue weighted by molar-refractivity contribution is 6.31. The van der Waals surface area contributed by atoms with Crippen molar-refractivity contribution in [2.24, 2.45) is 0 Å². The van der Waals surface area contributed by atoms with Gasteiger partial charge < -0.3 is 19.9 Å². The fourth-order valence-corrected chi connectivity index (χ4v) is 4.47. The van der Waals surface area contributed by atoms with E-state index in [1.807, 2.05) is 0 Å². The maximum atomic E-state index is 13.6. The van der Waals surface area contributed by atoms with Crippen molar-refractivity contribution in [2.45, 2.75) is 13.1 Å². The number of nitrogens with one attached hydrogen (secondary N) is 1. The topological polar surface area (TPSA) is 128 Å². The molecule has 1 aromatic carbocycles. The third-order valence-electron chi connectivity index (χ3n) is 6.47. The number of aryl methyl sites for hydroxylation is 1. The van der Waals surface area contributed by atoms with Crippen LogP contribution in [0.15, 0.2) is 42.7 Å². The predicted molar refractivity (Wildman–Crippen MR) is 147 cm³/mol. The summed E-state index contributed by atoms with van der Waals surface area (Å²) in [6, 6.07) is 5.91. The number of halogens is 5. The lowest BCUT2D eigenvalue weighted by Gasteiger charge is -2.26. The summed E-state index contributed by atoms with van der Waals surface area (Å²) < 4.78 is 66.1. The first-order valence-electron chi connectivity index (χ1n) is 12.9. The van der Waals surface area contributed by atoms with Crippen molar-refractivity contribution in [3.63, 3.8) is 0 Å². The molecule has 43 heavy (non-hydrogen) atoms. The molecule has 0 saturated carbocycles. The van der Waals surface area contributed by atoms with Gasteiger partial charge in [-0.05, 0) is 37.3 Å². The van der Waals surface area contributed by atoms with E-state index in [1.165, 1.54) is 37.5 Å². The van der Waals surface area contributed by atoms with E-state index in [1.54, 1.807) is 0 Å². The van der Waals surface area contributed by atoms with Crippen LogP contribution in [0.5, 0.6) is 5.88 Å². The highest BCUT2D eigenvalue weighted by atomic mass is 35.5. The van der Waals surface area contributed by atoms with Gasteiger partial charge in [-0.1, -0.05) is 11.6 Å². The Balaban J connectivity index is 1.52. The van der Waals surface area contributed by atoms with Crippen molar-refractivity contribution in [3.8, 4) is 22.8 Å². The predicted octanol–water partition coefficient (Wildman–Crippen LogP) is 5.00. The summed E-state index contributed by atoms with van der Waals surface area (Å²) in [6.45, 7) is 4.79. The van der Waals surface area contributed by atoms with Crippen LogP contribution in [0.25, 0.3) is 16.9 Å². The molecular weight excluding hydrogens is 598 g/mol. The molecule has 1 aliphatic rings. The number of carbonyl (C=O) groups is 1. The average Bonchev–Trinajstić information content (AvgIpc) is 3.38. The number of carboxylic acids is 1. The van der Waals surface area contributed by atoms with Crippen LogP contribution in [-0.4, -0.2) is 80.2 Å². The maximum Gasteiger partial charge on any atom is 0.435 e. The van der Waals surface area contributed by atoms with Crippen LogP contribution in [0.3, 0.4) is 0 Å². The van der Waals surface area contributed by atoms with Gasteiger partial charge in [-0.15, -0.1) is 0 Å². The molecule has 0 atom stereocenters. The van der Waals surface area contributed by atoms with Gasteiger partial charge in [0.05, 0.1) is 18.2 Å². The van der Waals surface area contributed by atoms with Gasteiger partial charge in [0, 0.05) is 54.5 Å². The fourth-order valence-electron chi connectivity index (χ4n) is 4.29. The third-order valence-corrected chi connectivity index (χ3v) is 6.76. The zero-order valence-electron chi connectivity index (χ0n) is 22.5. The number of rotatable bonds is 9. The second kappa shape index (κ2) is 12.5. The molecule has 0 amide bonds. The molecule has 1 fully saturated rings. The molecule has 0 radical (unpaired) electrons. The van der Waals surface area contributed by atoms with Crippen molar-refractivity contribution in [1.29, 1.82) is 0 Å². The van der Waals surface area contributed by atoms with E-state index >= 15 is 0 Å². The van der Waals surface area contributed by atoms with Gasteiger partial charge in [0.25, 0.3) is 0 Å². The second-order valence-electron chi connectivity index (χ2n) is 9.45. The van der Waals surface area contributed by atoms with Gasteiger partial charge in [0.15, 0.2) is 11.5 Å². The van der Waals surface area contributed by atoms with Crippen LogP contribution in [0, 0.1) is 12.7 Å². The van der Waals surface area contributed by atoms with Gasteiger partial charge in [0.2, 0.25) is 11.8 Å². The number of nitrogens with zero attached hydrogens (tertiary/aromatic N) is 6. The Labute approximate surface area is 247 Å². The van der Waals surface area contributed by atoms with E-state index in [-0.39, 0.29) is 51.7 Å². The first-order valence-corrected chi connectivity index (χ1v) is 13.3. The van der Waals surface area contributed by atoms with Gasteiger partial charge >= 0.3 is 12.1 Å². The molecule has 5 rings (SSSR count). The number of morpholine rings is 1. The lowest BCUT2D eigenvalue weighted by molar-refractivity contribution is -0.141. The number of pyridine rings is 1. The Bertz CT molecular complexity index is 1640. The highest BCUT2D eigenvalue weighted by Gasteiger charge is 2.35. The van der Waals surface area contributed by atoms with Crippen LogP contribution >= 0.6 is 11.6 Å². The molecule has 4 aromatic rings. The number of carboxylic acid groups (broad SMARTS) is 1. The van der Waals surface area contributed by atoms with E-state index < -0.39 is 23.7 Å². The monoisotopic (exact) mass is 621 g/mol. The number of aromatic carboxylic acids is 1. The minimum absolute atomic E-state index is 0.0700. The first kappa shape index (κ1) is 30.1. The normalized spacial score (nSPS) is 14.1. The molecule has 3 aromatic heterocycles. The zero-order chi connectivity index (χ0) is 30.7. The van der Waals surface area contributed by atoms with Crippen LogP contribution in [0.1, 0.15) is 21.7 Å². The van der Waals surface area contributed by atoms with Crippen molar-refractivity contribution >= 4 is 29.2 Å². The lowest BCUT2D eigenvalue weighted by atomic mass is 10.1. The molecule has 4 heterocycles. The van der Waals surface area contributed by atoms with E-state index in [2.05, 4.69) is 30.3 Å². The summed E-state index contributed by atoms with van der Waals surface area (Å²) in [5, 5.41) is 16.3. The standard InChI is InChI=1S/C27H24ClF4N7O4/c1-15-10-22(27(30,31)32)37-39(15)23-19(14-34-26(36-23)35-17-2-3-21(29)20(28)12-17)16-11-18(25(40)41)24(33-13-16)43-9-6-38-4-7-42-8-5-38/h2-3,10-14H,4-9H2,1H3,(H,40,41)(H,34,35,36). The summed E-state index contributed by atoms with van der Waals surface area (Å²) in [4.78, 5) is 27.0. The molecule has 1 aliphatic heterocycles. The van der Waals surface area contributed by atoms with E-state index in [4.69, 9.17) is 21.1 Å². The van der Waals surface area contributed by atoms with E-state index in [0.717, 1.165) is 29.9 Å². The number of aromatic nitrogens is 5. The molecule has 11 nitrogen and oxygen atoms in total. The number of hydrogen-bond donors (Lipinski definition) is 2. The van der Waals surface area contributed by atoms with Crippen LogP contribution in [0.4, 0.5) is 29.2 Å². The van der Waals surface area contributed by atoms with Crippen LogP contribution in [0.2, 0.25) is 5.02 Å². The Kier molecular flexibility index (Phi) is 8.75. The summed E-state index contributed by atoms with van der Waals surface area (Å²) >= 11 is 5.85. The molecule has 0 unspecified atom stereocenters. The van der Waals surface area contributed by atoms with Gasteiger partial charge in [-0.3, -0.25) is 4.90 Å². The molecule has 0 spiro atoms. The van der Waals surface area contributed by atoms with Crippen LogP contribution < -0.4 is 10.1 Å². The molecule has 1 saturated heterocycles. The highest BCUT2D eigenvalue weighted by Crippen LogP contribution is 2.33. The van der Waals surface area contributed by atoms with Crippen molar-refractivity contribution in [1.82, 2.24) is 29.6 Å². The average molecular weight is 622 g/mol. The van der Waals surface area contributed by atoms with Crippen LogP contribution in [-0.2, 0) is 10.9 Å². The lowest BCUT2D eigenvalue weighted by Crippen LogP contribution is -2.38. The smallest absolute Gasteiger partial charge is 0.435 e. The molecule has 0 bridgehead atoms. The number of benzene rings is 1. The minimum atomic E-state index is -4.73. The Morgan fingerprint density at radius 2 is 1.93 bits per heavy atom. The van der Waals surface area contributed by atoms with E-state index in [9.17, 15) is 27.5 Å². The minimum Gasteiger partial charge on any atom is -0.477 e. The zero-order valence-corrected chi connectivity index (χ0v) is 23.3. The van der Waals surface area contributed by atoms with Gasteiger partial charge in [-0.25, -0.2) is 23.8 Å². The second-order valence-corrected chi connectivity index (χ2v) is 9.86. The molecule has 16 heteroatoms.